The van der Waals surface area contributed by atoms with Gasteiger partial charge < -0.3 is 24.9 Å². The topological polar surface area (TPSA) is 104 Å². The molecule has 152 valence electrons. The van der Waals surface area contributed by atoms with E-state index in [0.29, 0.717) is 39.9 Å². The minimum atomic E-state index is -0.719. The molecule has 0 fully saturated rings. The smallest absolute Gasteiger partial charge is 0.248 e. The fraction of sp³-hybridized carbons (Fsp3) is 0.0952. The zero-order chi connectivity index (χ0) is 21.3. The number of benzene rings is 2. The molecule has 0 aliphatic carbocycles. The predicted octanol–water partition coefficient (Wildman–Crippen LogP) is 3.40. The number of anilines is 2. The number of carbonyl (C=O) groups is 1. The number of primary amides is 1. The van der Waals surface area contributed by atoms with Crippen LogP contribution in [0, 0.1) is 5.82 Å². The number of methoxy groups -OCH3 is 2. The van der Waals surface area contributed by atoms with Crippen molar-refractivity contribution in [2.24, 2.45) is 5.73 Å². The molecule has 9 heteroatoms. The Labute approximate surface area is 171 Å². The molecule has 0 saturated heterocycles. The Balaban J connectivity index is 1.80. The number of hydrogen-bond acceptors (Lipinski definition) is 6. The lowest BCUT2D eigenvalue weighted by Gasteiger charge is -2.13. The van der Waals surface area contributed by atoms with E-state index in [1.54, 1.807) is 49.3 Å². The van der Waals surface area contributed by atoms with Crippen molar-refractivity contribution in [1.82, 2.24) is 14.4 Å². The molecule has 4 rings (SSSR count). The number of hydrogen-bond donors (Lipinski definition) is 2. The third kappa shape index (κ3) is 3.60. The Bertz CT molecular complexity index is 1250. The van der Waals surface area contributed by atoms with Gasteiger partial charge in [-0.3, -0.25) is 4.79 Å². The fourth-order valence-corrected chi connectivity index (χ4v) is 3.09. The minimum Gasteiger partial charge on any atom is -0.493 e. The van der Waals surface area contributed by atoms with Crippen LogP contribution in [-0.2, 0) is 0 Å². The third-order valence-corrected chi connectivity index (χ3v) is 4.50. The van der Waals surface area contributed by atoms with Gasteiger partial charge in [0.25, 0.3) is 0 Å². The molecule has 4 aromatic rings. The van der Waals surface area contributed by atoms with Crippen molar-refractivity contribution in [3.05, 3.63) is 66.4 Å². The molecule has 3 N–H and O–H groups in total. The Hall–Kier alpha value is -4.14. The van der Waals surface area contributed by atoms with Gasteiger partial charge in [0.05, 0.1) is 19.9 Å². The van der Waals surface area contributed by atoms with Crippen LogP contribution >= 0.6 is 0 Å². The number of amides is 1. The lowest BCUT2D eigenvalue weighted by atomic mass is 10.1. The second-order valence-corrected chi connectivity index (χ2v) is 6.42. The first-order chi connectivity index (χ1) is 14.5. The highest BCUT2D eigenvalue weighted by Gasteiger charge is 2.13. The van der Waals surface area contributed by atoms with Crippen LogP contribution in [0.4, 0.5) is 15.9 Å². The summed E-state index contributed by atoms with van der Waals surface area (Å²) in [4.78, 5) is 20.4. The average Bonchev–Trinajstić information content (AvgIpc) is 3.22. The van der Waals surface area contributed by atoms with E-state index in [0.717, 1.165) is 6.07 Å². The van der Waals surface area contributed by atoms with Crippen LogP contribution in [0.25, 0.3) is 16.9 Å². The monoisotopic (exact) mass is 407 g/mol. The van der Waals surface area contributed by atoms with E-state index in [9.17, 15) is 9.18 Å². The molecule has 0 saturated carbocycles. The fourth-order valence-electron chi connectivity index (χ4n) is 3.09. The highest BCUT2D eigenvalue weighted by atomic mass is 19.1. The summed E-state index contributed by atoms with van der Waals surface area (Å²) in [7, 11) is 3.11. The molecule has 8 nitrogen and oxygen atoms in total. The summed E-state index contributed by atoms with van der Waals surface area (Å²) in [6.07, 6.45) is 5.07. The van der Waals surface area contributed by atoms with Crippen LogP contribution in [0.3, 0.4) is 0 Å². The van der Waals surface area contributed by atoms with E-state index in [-0.39, 0.29) is 5.56 Å². The first kappa shape index (κ1) is 19.2. The van der Waals surface area contributed by atoms with Gasteiger partial charge in [-0.1, -0.05) is 0 Å². The molecule has 2 heterocycles. The van der Waals surface area contributed by atoms with Crippen molar-refractivity contribution in [3.63, 3.8) is 0 Å². The first-order valence-corrected chi connectivity index (χ1v) is 8.92. The number of carbonyl (C=O) groups excluding carboxylic acids is 1. The minimum absolute atomic E-state index is 0.0620. The zero-order valence-corrected chi connectivity index (χ0v) is 16.2. The number of fused-ring (bicyclic) bond motifs is 1. The number of imidazole rings is 1. The Morgan fingerprint density at radius 1 is 1.13 bits per heavy atom. The van der Waals surface area contributed by atoms with Crippen LogP contribution in [-0.4, -0.2) is 34.5 Å². The molecule has 0 aliphatic heterocycles. The van der Waals surface area contributed by atoms with Crippen molar-refractivity contribution in [1.29, 1.82) is 0 Å². The third-order valence-electron chi connectivity index (χ3n) is 4.50. The molecular formula is C21H18FN5O3. The van der Waals surface area contributed by atoms with Gasteiger partial charge in [-0.05, 0) is 30.3 Å². The molecular weight excluding hydrogens is 389 g/mol. The van der Waals surface area contributed by atoms with E-state index in [4.69, 9.17) is 15.2 Å². The lowest BCUT2D eigenvalue weighted by molar-refractivity contribution is 0.1000. The van der Waals surface area contributed by atoms with Crippen molar-refractivity contribution < 1.29 is 18.7 Å². The number of aromatic nitrogens is 3. The molecule has 2 aromatic heterocycles. The summed E-state index contributed by atoms with van der Waals surface area (Å²) >= 11 is 0. The maximum Gasteiger partial charge on any atom is 0.248 e. The summed E-state index contributed by atoms with van der Waals surface area (Å²) < 4.78 is 26.4. The molecule has 0 radical (unpaired) electrons. The second-order valence-electron chi connectivity index (χ2n) is 6.42. The molecule has 0 spiro atoms. The maximum absolute atomic E-state index is 14.0. The Morgan fingerprint density at radius 2 is 1.93 bits per heavy atom. The predicted molar refractivity (Wildman–Crippen MR) is 110 cm³/mol. The number of nitrogens with one attached hydrogen (secondary N) is 1. The SMILES string of the molecule is COc1ccc(Nc2nc(-c3cc(F)cc(C(N)=O)c3)cn3ccnc23)cc1OC. The van der Waals surface area contributed by atoms with Crippen LogP contribution < -0.4 is 20.5 Å². The first-order valence-electron chi connectivity index (χ1n) is 8.92. The van der Waals surface area contributed by atoms with E-state index in [2.05, 4.69) is 15.3 Å². The normalized spacial score (nSPS) is 10.8. The van der Waals surface area contributed by atoms with Crippen molar-refractivity contribution in [3.8, 4) is 22.8 Å². The zero-order valence-electron chi connectivity index (χ0n) is 16.2. The largest absolute Gasteiger partial charge is 0.493 e. The molecule has 2 aromatic carbocycles. The highest BCUT2D eigenvalue weighted by Crippen LogP contribution is 2.32. The summed E-state index contributed by atoms with van der Waals surface area (Å²) in [5.41, 5.74) is 7.48. The van der Waals surface area contributed by atoms with Gasteiger partial charge in [0, 0.05) is 41.5 Å². The van der Waals surface area contributed by atoms with Gasteiger partial charge in [-0.2, -0.15) is 0 Å². The van der Waals surface area contributed by atoms with E-state index >= 15 is 0 Å². The van der Waals surface area contributed by atoms with Crippen molar-refractivity contribution in [2.75, 3.05) is 19.5 Å². The number of nitrogens with two attached hydrogens (primary N) is 1. The van der Waals surface area contributed by atoms with Crippen LogP contribution in [0.5, 0.6) is 11.5 Å². The van der Waals surface area contributed by atoms with E-state index in [1.807, 2.05) is 6.07 Å². The number of halogens is 1. The average molecular weight is 407 g/mol. The quantitative estimate of drug-likeness (QED) is 0.508. The molecule has 0 bridgehead atoms. The molecule has 1 amide bonds. The molecule has 0 atom stereocenters. The number of rotatable bonds is 6. The standard InChI is InChI=1S/C21H18FN5O3/c1-29-17-4-3-15(10-18(17)30-2)25-20-21-24-5-6-27(21)11-16(26-20)12-7-13(19(23)28)9-14(22)8-12/h3-11H,1-2H3,(H2,23,28)(H,25,26). The summed E-state index contributed by atoms with van der Waals surface area (Å²) in [5.74, 6) is 0.282. The van der Waals surface area contributed by atoms with Gasteiger partial charge in [0.1, 0.15) is 5.82 Å². The highest BCUT2D eigenvalue weighted by molar-refractivity contribution is 5.94. The van der Waals surface area contributed by atoms with Gasteiger partial charge in [0.2, 0.25) is 5.91 Å². The summed E-state index contributed by atoms with van der Waals surface area (Å²) in [6, 6.07) is 9.21. The van der Waals surface area contributed by atoms with E-state index in [1.165, 1.54) is 12.1 Å². The van der Waals surface area contributed by atoms with Crippen molar-refractivity contribution >= 4 is 23.1 Å². The van der Waals surface area contributed by atoms with Crippen LogP contribution in [0.2, 0.25) is 0 Å². The summed E-state index contributed by atoms with van der Waals surface area (Å²) in [5, 5.41) is 3.21. The molecule has 0 aliphatic rings. The Kier molecular flexibility index (Phi) is 4.93. The second kappa shape index (κ2) is 7.70. The van der Waals surface area contributed by atoms with Crippen molar-refractivity contribution in [2.45, 2.75) is 0 Å². The molecule has 0 unspecified atom stereocenters. The lowest BCUT2D eigenvalue weighted by Crippen LogP contribution is -2.11. The van der Waals surface area contributed by atoms with E-state index < -0.39 is 11.7 Å². The van der Waals surface area contributed by atoms with Gasteiger partial charge in [-0.25, -0.2) is 14.4 Å². The summed E-state index contributed by atoms with van der Waals surface area (Å²) in [6.45, 7) is 0. The van der Waals surface area contributed by atoms with Crippen LogP contribution in [0.15, 0.2) is 55.0 Å². The van der Waals surface area contributed by atoms with Gasteiger partial charge in [0.15, 0.2) is 23.0 Å². The maximum atomic E-state index is 14.0. The van der Waals surface area contributed by atoms with Gasteiger partial charge in [-0.15, -0.1) is 0 Å². The van der Waals surface area contributed by atoms with Gasteiger partial charge >= 0.3 is 0 Å². The number of nitrogens with zero attached hydrogens (tertiary/aromatic N) is 3. The number of ether oxygens (including phenoxy) is 2. The Morgan fingerprint density at radius 3 is 2.67 bits per heavy atom. The molecule has 30 heavy (non-hydrogen) atoms. The van der Waals surface area contributed by atoms with Crippen LogP contribution in [0.1, 0.15) is 10.4 Å².